The van der Waals surface area contributed by atoms with E-state index >= 15 is 0 Å². The molecule has 36 heavy (non-hydrogen) atoms. The summed E-state index contributed by atoms with van der Waals surface area (Å²) < 4.78 is 47.0. The van der Waals surface area contributed by atoms with Crippen LogP contribution in [0.2, 0.25) is 0 Å². The summed E-state index contributed by atoms with van der Waals surface area (Å²) in [7, 11) is 1.41. The number of fused-ring (bicyclic) bond motifs is 5. The van der Waals surface area contributed by atoms with Crippen LogP contribution in [0.4, 0.5) is 8.78 Å². The van der Waals surface area contributed by atoms with Crippen molar-refractivity contribution in [1.29, 1.82) is 0 Å². The first-order valence-electron chi connectivity index (χ1n) is 12.1. The van der Waals surface area contributed by atoms with Crippen molar-refractivity contribution in [2.45, 2.75) is 45.6 Å². The minimum atomic E-state index is -2.96. The van der Waals surface area contributed by atoms with Crippen molar-refractivity contribution in [3.63, 3.8) is 0 Å². The zero-order valence-corrected chi connectivity index (χ0v) is 20.4. The van der Waals surface area contributed by atoms with Gasteiger partial charge in [-0.05, 0) is 59.7 Å². The molecule has 188 valence electrons. The molecule has 0 fully saturated rings. The fourth-order valence-electron chi connectivity index (χ4n) is 5.86. The van der Waals surface area contributed by atoms with E-state index in [1.807, 2.05) is 12.1 Å². The number of benzene rings is 2. The van der Waals surface area contributed by atoms with Gasteiger partial charge in [0.2, 0.25) is 6.79 Å². The van der Waals surface area contributed by atoms with E-state index in [-0.39, 0.29) is 35.4 Å². The lowest BCUT2D eigenvalue weighted by Gasteiger charge is -2.46. The smallest absolute Gasteiger partial charge is 0.387 e. The van der Waals surface area contributed by atoms with Gasteiger partial charge in [-0.1, -0.05) is 19.9 Å². The molecule has 8 heteroatoms. The minimum absolute atomic E-state index is 0.0395. The van der Waals surface area contributed by atoms with Crippen LogP contribution in [0, 0.1) is 5.41 Å². The summed E-state index contributed by atoms with van der Waals surface area (Å²) >= 11 is 0. The van der Waals surface area contributed by atoms with Crippen LogP contribution >= 0.6 is 0 Å². The summed E-state index contributed by atoms with van der Waals surface area (Å²) in [5.74, 6) is 1.39. The Hall–Kier alpha value is -3.55. The molecule has 0 saturated heterocycles. The number of ketones is 1. The zero-order valence-electron chi connectivity index (χ0n) is 20.4. The van der Waals surface area contributed by atoms with E-state index in [0.29, 0.717) is 12.2 Å². The monoisotopic (exact) mass is 495 g/mol. The number of hydrogen-bond donors (Lipinski definition) is 0. The van der Waals surface area contributed by atoms with Crippen LogP contribution in [0.3, 0.4) is 0 Å². The molecular formula is C28H27F2NO5. The van der Waals surface area contributed by atoms with Crippen molar-refractivity contribution in [3.05, 3.63) is 64.4 Å². The molecule has 3 aliphatic heterocycles. The Morgan fingerprint density at radius 2 is 1.86 bits per heavy atom. The summed E-state index contributed by atoms with van der Waals surface area (Å²) in [5.41, 5.74) is 5.68. The number of hydrogen-bond acceptors (Lipinski definition) is 6. The van der Waals surface area contributed by atoms with Crippen molar-refractivity contribution in [3.8, 4) is 23.0 Å². The van der Waals surface area contributed by atoms with Gasteiger partial charge in [0.05, 0.1) is 7.11 Å². The molecule has 2 aromatic carbocycles. The lowest BCUT2D eigenvalue weighted by atomic mass is 9.69. The number of alkyl halides is 2. The first kappa shape index (κ1) is 22.9. The van der Waals surface area contributed by atoms with Crippen molar-refractivity contribution in [2.75, 3.05) is 20.4 Å². The van der Waals surface area contributed by atoms with E-state index in [2.05, 4.69) is 29.6 Å². The van der Waals surface area contributed by atoms with Gasteiger partial charge in [-0.15, -0.1) is 0 Å². The van der Waals surface area contributed by atoms with Gasteiger partial charge in [0.1, 0.15) is 0 Å². The molecule has 0 spiro atoms. The van der Waals surface area contributed by atoms with Gasteiger partial charge < -0.3 is 23.8 Å². The average molecular weight is 496 g/mol. The van der Waals surface area contributed by atoms with E-state index in [9.17, 15) is 13.6 Å². The van der Waals surface area contributed by atoms with Crippen LogP contribution in [-0.2, 0) is 11.2 Å². The van der Waals surface area contributed by atoms with Gasteiger partial charge in [0.25, 0.3) is 0 Å². The van der Waals surface area contributed by atoms with Gasteiger partial charge in [0, 0.05) is 41.4 Å². The highest BCUT2D eigenvalue weighted by Gasteiger charge is 2.43. The number of methoxy groups -OCH3 is 1. The summed E-state index contributed by atoms with van der Waals surface area (Å²) in [6.07, 6.45) is 4.16. The Morgan fingerprint density at radius 3 is 2.61 bits per heavy atom. The number of nitrogens with zero attached hydrogens (tertiary/aromatic N) is 1. The fraction of sp³-hybridized carbons (Fsp3) is 0.393. The van der Waals surface area contributed by atoms with Crippen molar-refractivity contribution in [2.24, 2.45) is 5.41 Å². The second-order valence-corrected chi connectivity index (χ2v) is 10.4. The lowest BCUT2D eigenvalue weighted by molar-refractivity contribution is -0.118. The van der Waals surface area contributed by atoms with Crippen LogP contribution in [0.1, 0.15) is 49.3 Å². The Morgan fingerprint density at radius 1 is 1.08 bits per heavy atom. The SMILES string of the molecule is COc1cc([C@H]2C=C3c4cc5c(cc4CCN3C3=C2C(=O)CC(C)(C)C3)OCO5)ccc1OC(F)F. The fourth-order valence-corrected chi connectivity index (χ4v) is 5.86. The van der Waals surface area contributed by atoms with Crippen LogP contribution in [0.5, 0.6) is 23.0 Å². The third-order valence-electron chi connectivity index (χ3n) is 7.39. The summed E-state index contributed by atoms with van der Waals surface area (Å²) in [4.78, 5) is 15.8. The predicted molar refractivity (Wildman–Crippen MR) is 128 cm³/mol. The van der Waals surface area contributed by atoms with E-state index in [0.717, 1.165) is 53.2 Å². The summed E-state index contributed by atoms with van der Waals surface area (Å²) in [6, 6.07) is 8.97. The van der Waals surface area contributed by atoms with E-state index < -0.39 is 6.61 Å². The third-order valence-corrected chi connectivity index (χ3v) is 7.39. The maximum absolute atomic E-state index is 13.6. The number of rotatable bonds is 4. The van der Waals surface area contributed by atoms with Crippen molar-refractivity contribution >= 4 is 11.5 Å². The van der Waals surface area contributed by atoms with E-state index in [1.54, 1.807) is 12.1 Å². The average Bonchev–Trinajstić information content (AvgIpc) is 3.28. The molecule has 6 nitrogen and oxygen atoms in total. The normalized spacial score (nSPS) is 21.6. The molecule has 4 aliphatic rings. The molecule has 0 amide bonds. The first-order chi connectivity index (χ1) is 17.2. The molecule has 0 unspecified atom stereocenters. The van der Waals surface area contributed by atoms with E-state index in [4.69, 9.17) is 14.2 Å². The summed E-state index contributed by atoms with van der Waals surface area (Å²) in [6.45, 7) is 2.25. The second-order valence-electron chi connectivity index (χ2n) is 10.4. The highest BCUT2D eigenvalue weighted by Crippen LogP contribution is 2.52. The maximum Gasteiger partial charge on any atom is 0.387 e. The van der Waals surface area contributed by atoms with Gasteiger partial charge in [0.15, 0.2) is 28.8 Å². The molecule has 0 bridgehead atoms. The molecular weight excluding hydrogens is 468 g/mol. The van der Waals surface area contributed by atoms with Gasteiger partial charge in [-0.25, -0.2) is 0 Å². The molecule has 3 heterocycles. The van der Waals surface area contributed by atoms with Crippen LogP contribution in [-0.4, -0.2) is 37.7 Å². The second kappa shape index (κ2) is 8.25. The van der Waals surface area contributed by atoms with Crippen molar-refractivity contribution in [1.82, 2.24) is 4.90 Å². The Kier molecular flexibility index (Phi) is 5.24. The number of carbonyl (C=O) groups excluding carboxylic acids is 1. The number of allylic oxidation sites excluding steroid dienone is 3. The van der Waals surface area contributed by atoms with Crippen molar-refractivity contribution < 1.29 is 32.5 Å². The van der Waals surface area contributed by atoms with Crippen LogP contribution in [0.25, 0.3) is 5.70 Å². The highest BCUT2D eigenvalue weighted by molar-refractivity contribution is 6.01. The minimum Gasteiger partial charge on any atom is -0.493 e. The topological polar surface area (TPSA) is 57.2 Å². The van der Waals surface area contributed by atoms with Gasteiger partial charge >= 0.3 is 6.61 Å². The molecule has 1 atom stereocenters. The molecule has 0 aromatic heterocycles. The number of Topliss-reactive ketones (excluding diaryl/α,β-unsaturated/α-hetero) is 1. The first-order valence-corrected chi connectivity index (χ1v) is 12.1. The molecule has 2 aromatic rings. The lowest BCUT2D eigenvalue weighted by Crippen LogP contribution is -2.40. The number of halogens is 2. The molecule has 1 aliphatic carbocycles. The third kappa shape index (κ3) is 3.70. The van der Waals surface area contributed by atoms with Gasteiger partial charge in [-0.3, -0.25) is 4.79 Å². The largest absolute Gasteiger partial charge is 0.493 e. The Balaban J connectivity index is 1.51. The predicted octanol–water partition coefficient (Wildman–Crippen LogP) is 5.66. The molecule has 0 N–H and O–H groups in total. The van der Waals surface area contributed by atoms with Gasteiger partial charge in [-0.2, -0.15) is 8.78 Å². The van der Waals surface area contributed by atoms with Crippen LogP contribution in [0.15, 0.2) is 47.7 Å². The Bertz CT molecular complexity index is 1330. The maximum atomic E-state index is 13.6. The molecule has 0 radical (unpaired) electrons. The quantitative estimate of drug-likeness (QED) is 0.545. The highest BCUT2D eigenvalue weighted by atomic mass is 19.3. The number of ether oxygens (including phenoxy) is 4. The zero-order chi connectivity index (χ0) is 25.2. The standard InChI is InChI=1S/C28H27F2NO5/c1-28(2)12-20-26(21(32)13-28)18(15-4-5-22(36-27(29)30)23(8-15)33-3)10-19-17-11-25-24(34-14-35-25)9-16(17)6-7-31(19)20/h4-5,8-11,18,27H,6-7,12-14H2,1-3H3/t18-/m1/s1. The Labute approximate surface area is 208 Å². The van der Waals surface area contributed by atoms with E-state index in [1.165, 1.54) is 18.7 Å². The molecule has 6 rings (SSSR count). The molecule has 0 saturated carbocycles. The number of carbonyl (C=O) groups is 1. The van der Waals surface area contributed by atoms with Crippen LogP contribution < -0.4 is 18.9 Å². The summed E-state index contributed by atoms with van der Waals surface area (Å²) in [5, 5.41) is 0.